The summed E-state index contributed by atoms with van der Waals surface area (Å²) in [6.45, 7) is 2.11. The Morgan fingerprint density at radius 3 is 2.04 bits per heavy atom. The second-order valence-corrected chi connectivity index (χ2v) is 6.48. The molecule has 1 aliphatic heterocycles. The summed E-state index contributed by atoms with van der Waals surface area (Å²) in [5, 5.41) is 65.7. The summed E-state index contributed by atoms with van der Waals surface area (Å²) in [5.41, 5.74) is -1.40. The van der Waals surface area contributed by atoms with Gasteiger partial charge in [0.1, 0.15) is 30.0 Å². The van der Waals surface area contributed by atoms with E-state index in [1.54, 1.807) is 0 Å². The Morgan fingerprint density at radius 2 is 1.56 bits per heavy atom. The van der Waals surface area contributed by atoms with E-state index in [1.807, 2.05) is 0 Å². The molecule has 1 fully saturated rings. The molecule has 1 saturated heterocycles. The number of aliphatic carboxylic acids is 1. The number of aliphatic hydroxyl groups is 6. The second-order valence-electron chi connectivity index (χ2n) is 6.48. The third kappa shape index (κ3) is 5.31. The van der Waals surface area contributed by atoms with Crippen LogP contribution in [0.1, 0.15) is 20.3 Å². The first-order chi connectivity index (χ1) is 11.4. The van der Waals surface area contributed by atoms with Crippen LogP contribution in [-0.2, 0) is 19.1 Å². The van der Waals surface area contributed by atoms with Crippen LogP contribution in [0.4, 0.5) is 0 Å². The molecule has 0 saturated carbocycles. The number of ether oxygens (including phenoxy) is 2. The van der Waals surface area contributed by atoms with Crippen molar-refractivity contribution in [3.63, 3.8) is 0 Å². The minimum Gasteiger partial charge on any atom is -0.479 e. The largest absolute Gasteiger partial charge is 0.479 e. The summed E-state index contributed by atoms with van der Waals surface area (Å²) in [4.78, 5) is 22.3. The predicted octanol–water partition coefficient (Wildman–Crippen LogP) is -3.65. The van der Waals surface area contributed by atoms with Gasteiger partial charge in [-0.2, -0.15) is 0 Å². The van der Waals surface area contributed by atoms with Crippen LogP contribution in [0.3, 0.4) is 0 Å². The van der Waals surface area contributed by atoms with Gasteiger partial charge >= 0.3 is 11.9 Å². The highest BCUT2D eigenvalue weighted by atomic mass is 16.6. The van der Waals surface area contributed by atoms with E-state index < -0.39 is 66.9 Å². The molecule has 3 unspecified atom stereocenters. The maximum atomic E-state index is 11.7. The fourth-order valence-electron chi connectivity index (χ4n) is 2.47. The smallest absolute Gasteiger partial charge is 0.338 e. The van der Waals surface area contributed by atoms with Crippen LogP contribution in [0.25, 0.3) is 0 Å². The molecule has 0 aliphatic carbocycles. The molecule has 0 radical (unpaired) electrons. The lowest BCUT2D eigenvalue weighted by atomic mass is 9.89. The standard InChI is InChI=1S/C14H24O11/c1-14(2,25-13(23)11(20)10(19)12(21)22)3-5-7(16)9(18)8(17)6(4-15)24-5/h5-11,15-20H,3-4H2,1-2H3,(H,21,22)/t5?,6-,7+,8-,9-,10?,11?/m1/s1. The minimum absolute atomic E-state index is 0.212. The molecule has 1 aliphatic rings. The first-order valence-electron chi connectivity index (χ1n) is 7.53. The number of carbonyl (C=O) groups excluding carboxylic acids is 1. The van der Waals surface area contributed by atoms with E-state index in [0.29, 0.717) is 0 Å². The zero-order valence-electron chi connectivity index (χ0n) is 13.7. The van der Waals surface area contributed by atoms with Gasteiger partial charge in [-0.3, -0.25) is 0 Å². The lowest BCUT2D eigenvalue weighted by Gasteiger charge is -2.42. The van der Waals surface area contributed by atoms with Gasteiger partial charge in [0.05, 0.1) is 12.7 Å². The minimum atomic E-state index is -2.37. The molecule has 11 heteroatoms. The number of hydrogen-bond donors (Lipinski definition) is 7. The van der Waals surface area contributed by atoms with Gasteiger partial charge in [-0.1, -0.05) is 0 Å². The molecule has 1 heterocycles. The van der Waals surface area contributed by atoms with Gasteiger partial charge in [0.25, 0.3) is 0 Å². The van der Waals surface area contributed by atoms with Crippen LogP contribution in [0.2, 0.25) is 0 Å². The number of aliphatic hydroxyl groups excluding tert-OH is 6. The van der Waals surface area contributed by atoms with Crippen molar-refractivity contribution in [3.05, 3.63) is 0 Å². The van der Waals surface area contributed by atoms with Gasteiger partial charge in [-0.15, -0.1) is 0 Å². The molecule has 0 spiro atoms. The predicted molar refractivity (Wildman–Crippen MR) is 78.2 cm³/mol. The van der Waals surface area contributed by atoms with Crippen LogP contribution in [0.15, 0.2) is 0 Å². The third-order valence-electron chi connectivity index (χ3n) is 3.85. The molecule has 11 nitrogen and oxygen atoms in total. The SMILES string of the molecule is CC(C)(CC1O[C@H](CO)[C@@H](O)[C@H](O)[C@H]1O)OC(=O)C(O)C(O)C(=O)O. The zero-order valence-corrected chi connectivity index (χ0v) is 13.7. The molecule has 0 aromatic heterocycles. The molecule has 1 rings (SSSR count). The Morgan fingerprint density at radius 1 is 1.04 bits per heavy atom. The molecule has 0 aromatic carbocycles. The number of carboxylic acids is 1. The first-order valence-corrected chi connectivity index (χ1v) is 7.53. The second kappa shape index (κ2) is 8.36. The topological polar surface area (TPSA) is 194 Å². The average molecular weight is 368 g/mol. The van der Waals surface area contributed by atoms with Crippen LogP contribution < -0.4 is 0 Å². The van der Waals surface area contributed by atoms with Gasteiger partial charge in [0.2, 0.25) is 0 Å². The molecule has 0 aromatic rings. The van der Waals surface area contributed by atoms with Crippen LogP contribution in [-0.4, -0.2) is 103 Å². The summed E-state index contributed by atoms with van der Waals surface area (Å²) in [6.07, 6.45) is -11.8. The highest BCUT2D eigenvalue weighted by molar-refractivity contribution is 5.84. The molecular formula is C14H24O11. The number of hydrogen-bond acceptors (Lipinski definition) is 10. The Hall–Kier alpha value is -1.34. The monoisotopic (exact) mass is 368 g/mol. The maximum Gasteiger partial charge on any atom is 0.338 e. The molecule has 146 valence electrons. The summed E-state index contributed by atoms with van der Waals surface area (Å²) in [7, 11) is 0. The van der Waals surface area contributed by atoms with Gasteiger partial charge in [-0.25, -0.2) is 9.59 Å². The Bertz CT molecular complexity index is 477. The molecule has 7 N–H and O–H groups in total. The Balaban J connectivity index is 2.76. The zero-order chi connectivity index (χ0) is 19.5. The van der Waals surface area contributed by atoms with E-state index in [9.17, 15) is 30.0 Å². The van der Waals surface area contributed by atoms with Gasteiger partial charge in [0, 0.05) is 6.42 Å². The third-order valence-corrected chi connectivity index (χ3v) is 3.85. The Kier molecular flexibility index (Phi) is 7.26. The van der Waals surface area contributed by atoms with E-state index in [0.717, 1.165) is 0 Å². The summed E-state index contributed by atoms with van der Waals surface area (Å²) < 4.78 is 10.2. The van der Waals surface area contributed by atoms with Crippen LogP contribution in [0, 0.1) is 0 Å². The van der Waals surface area contributed by atoms with Gasteiger partial charge < -0.3 is 45.2 Å². The van der Waals surface area contributed by atoms with Crippen molar-refractivity contribution in [3.8, 4) is 0 Å². The summed E-state index contributed by atoms with van der Waals surface area (Å²) in [5.74, 6) is -3.21. The van der Waals surface area contributed by atoms with Crippen LogP contribution >= 0.6 is 0 Å². The van der Waals surface area contributed by atoms with E-state index in [2.05, 4.69) is 0 Å². The fourth-order valence-corrected chi connectivity index (χ4v) is 2.47. The number of rotatable bonds is 7. The highest BCUT2D eigenvalue weighted by Gasteiger charge is 2.46. The van der Waals surface area contributed by atoms with Crippen molar-refractivity contribution >= 4 is 11.9 Å². The van der Waals surface area contributed by atoms with Crippen LogP contribution in [0.5, 0.6) is 0 Å². The number of carboxylic acid groups (broad SMARTS) is 1. The van der Waals surface area contributed by atoms with E-state index in [1.165, 1.54) is 13.8 Å². The van der Waals surface area contributed by atoms with E-state index in [4.69, 9.17) is 24.8 Å². The van der Waals surface area contributed by atoms with Crippen molar-refractivity contribution in [1.29, 1.82) is 0 Å². The maximum absolute atomic E-state index is 11.7. The van der Waals surface area contributed by atoms with Gasteiger partial charge in [-0.05, 0) is 13.8 Å². The highest BCUT2D eigenvalue weighted by Crippen LogP contribution is 2.28. The van der Waals surface area contributed by atoms with Crippen molar-refractivity contribution in [2.24, 2.45) is 0 Å². The Labute approximate surface area is 143 Å². The molecule has 0 bridgehead atoms. The number of carbonyl (C=O) groups is 2. The number of esters is 1. The molecule has 25 heavy (non-hydrogen) atoms. The van der Waals surface area contributed by atoms with Crippen molar-refractivity contribution < 1.29 is 54.8 Å². The van der Waals surface area contributed by atoms with E-state index >= 15 is 0 Å². The van der Waals surface area contributed by atoms with E-state index in [-0.39, 0.29) is 6.42 Å². The fraction of sp³-hybridized carbons (Fsp3) is 0.857. The van der Waals surface area contributed by atoms with Crippen molar-refractivity contribution in [2.45, 2.75) is 68.6 Å². The quantitative estimate of drug-likeness (QED) is 0.219. The molecule has 0 amide bonds. The summed E-state index contributed by atoms with van der Waals surface area (Å²) >= 11 is 0. The van der Waals surface area contributed by atoms with Crippen molar-refractivity contribution in [2.75, 3.05) is 6.61 Å². The molecular weight excluding hydrogens is 344 g/mol. The molecule has 7 atom stereocenters. The van der Waals surface area contributed by atoms with Crippen molar-refractivity contribution in [1.82, 2.24) is 0 Å². The normalized spacial score (nSPS) is 32.7. The first kappa shape index (κ1) is 21.7. The average Bonchev–Trinajstić information content (AvgIpc) is 2.53. The lowest BCUT2D eigenvalue weighted by molar-refractivity contribution is -0.240. The lowest BCUT2D eigenvalue weighted by Crippen LogP contribution is -2.59. The summed E-state index contributed by atoms with van der Waals surface area (Å²) in [6, 6.07) is 0. The van der Waals surface area contributed by atoms with Gasteiger partial charge in [0.15, 0.2) is 12.2 Å².